The summed E-state index contributed by atoms with van der Waals surface area (Å²) in [4.78, 5) is 0. The summed E-state index contributed by atoms with van der Waals surface area (Å²) in [6, 6.07) is 0.625. The van der Waals surface area contributed by atoms with E-state index in [1.807, 2.05) is 0 Å². The van der Waals surface area contributed by atoms with Crippen LogP contribution in [0.5, 0.6) is 0 Å². The Balaban J connectivity index is 2.42. The largest absolute Gasteiger partial charge is 0.314 e. The SMILES string of the molecule is CCCC(C)(CNC(C)C)CC1CCCC1. The Morgan fingerprint density at radius 1 is 1.25 bits per heavy atom. The van der Waals surface area contributed by atoms with Crippen molar-refractivity contribution in [1.82, 2.24) is 5.32 Å². The predicted octanol–water partition coefficient (Wildman–Crippen LogP) is 4.37. The van der Waals surface area contributed by atoms with Crippen molar-refractivity contribution in [1.29, 1.82) is 0 Å². The van der Waals surface area contributed by atoms with E-state index in [2.05, 4.69) is 33.0 Å². The third-order valence-electron chi connectivity index (χ3n) is 4.05. The van der Waals surface area contributed by atoms with Crippen molar-refractivity contribution in [3.05, 3.63) is 0 Å². The van der Waals surface area contributed by atoms with Crippen LogP contribution < -0.4 is 5.32 Å². The first-order valence-corrected chi connectivity index (χ1v) is 7.29. The first-order valence-electron chi connectivity index (χ1n) is 7.29. The fourth-order valence-electron chi connectivity index (χ4n) is 3.23. The van der Waals surface area contributed by atoms with Crippen LogP contribution in [0, 0.1) is 11.3 Å². The topological polar surface area (TPSA) is 12.0 Å². The van der Waals surface area contributed by atoms with Crippen molar-refractivity contribution in [2.45, 2.75) is 78.7 Å². The van der Waals surface area contributed by atoms with E-state index < -0.39 is 0 Å². The molecule has 1 heteroatoms. The van der Waals surface area contributed by atoms with Crippen LogP contribution in [0.2, 0.25) is 0 Å². The van der Waals surface area contributed by atoms with Crippen LogP contribution in [-0.4, -0.2) is 12.6 Å². The van der Waals surface area contributed by atoms with Crippen LogP contribution in [0.3, 0.4) is 0 Å². The quantitative estimate of drug-likeness (QED) is 0.678. The average Bonchev–Trinajstić information content (AvgIpc) is 2.68. The second-order valence-electron chi connectivity index (χ2n) is 6.45. The maximum absolute atomic E-state index is 3.64. The second-order valence-corrected chi connectivity index (χ2v) is 6.45. The van der Waals surface area contributed by atoms with Gasteiger partial charge in [-0.2, -0.15) is 0 Å². The highest BCUT2D eigenvalue weighted by atomic mass is 14.9. The molecule has 1 aliphatic carbocycles. The molecule has 1 aliphatic rings. The Morgan fingerprint density at radius 2 is 1.88 bits per heavy atom. The molecular weight excluding hydrogens is 194 g/mol. The Morgan fingerprint density at radius 3 is 2.38 bits per heavy atom. The minimum Gasteiger partial charge on any atom is -0.314 e. The van der Waals surface area contributed by atoms with Gasteiger partial charge in [-0.1, -0.05) is 59.8 Å². The normalized spacial score (nSPS) is 21.6. The fraction of sp³-hybridized carbons (Fsp3) is 1.00. The van der Waals surface area contributed by atoms with Crippen LogP contribution >= 0.6 is 0 Å². The summed E-state index contributed by atoms with van der Waals surface area (Å²) in [5.74, 6) is 1.02. The zero-order valence-electron chi connectivity index (χ0n) is 11.8. The summed E-state index contributed by atoms with van der Waals surface area (Å²) in [6.45, 7) is 10.5. The molecule has 1 rings (SSSR count). The van der Waals surface area contributed by atoms with Gasteiger partial charge in [-0.15, -0.1) is 0 Å². The van der Waals surface area contributed by atoms with E-state index >= 15 is 0 Å². The molecule has 1 unspecified atom stereocenters. The first-order chi connectivity index (χ1) is 7.56. The van der Waals surface area contributed by atoms with Crippen molar-refractivity contribution in [3.63, 3.8) is 0 Å². The number of nitrogens with one attached hydrogen (secondary N) is 1. The van der Waals surface area contributed by atoms with E-state index in [1.165, 1.54) is 51.5 Å². The van der Waals surface area contributed by atoms with E-state index in [4.69, 9.17) is 0 Å². The molecule has 0 amide bonds. The van der Waals surface area contributed by atoms with Crippen molar-refractivity contribution < 1.29 is 0 Å². The summed E-state index contributed by atoms with van der Waals surface area (Å²) >= 11 is 0. The maximum Gasteiger partial charge on any atom is 0.00106 e. The molecule has 1 saturated carbocycles. The van der Waals surface area contributed by atoms with Gasteiger partial charge in [-0.05, 0) is 24.2 Å². The molecule has 0 aromatic heterocycles. The lowest BCUT2D eigenvalue weighted by Crippen LogP contribution is -2.36. The van der Waals surface area contributed by atoms with Gasteiger partial charge in [-0.25, -0.2) is 0 Å². The lowest BCUT2D eigenvalue weighted by atomic mass is 9.77. The van der Waals surface area contributed by atoms with Gasteiger partial charge < -0.3 is 5.32 Å². The zero-order valence-corrected chi connectivity index (χ0v) is 11.8. The number of hydrogen-bond acceptors (Lipinski definition) is 1. The van der Waals surface area contributed by atoms with Gasteiger partial charge in [0.2, 0.25) is 0 Å². The molecule has 1 N–H and O–H groups in total. The molecule has 0 radical (unpaired) electrons. The Bertz CT molecular complexity index is 182. The summed E-state index contributed by atoms with van der Waals surface area (Å²) in [5, 5.41) is 3.64. The molecule has 1 fully saturated rings. The van der Waals surface area contributed by atoms with Crippen LogP contribution in [0.15, 0.2) is 0 Å². The Kier molecular flexibility index (Phi) is 5.82. The van der Waals surface area contributed by atoms with Crippen LogP contribution in [0.4, 0.5) is 0 Å². The molecule has 96 valence electrons. The smallest absolute Gasteiger partial charge is 0.00106 e. The Labute approximate surface area is 102 Å². The van der Waals surface area contributed by atoms with Crippen molar-refractivity contribution in [2.75, 3.05) is 6.54 Å². The molecule has 0 spiro atoms. The van der Waals surface area contributed by atoms with Crippen molar-refractivity contribution in [2.24, 2.45) is 11.3 Å². The van der Waals surface area contributed by atoms with Gasteiger partial charge in [0.05, 0.1) is 0 Å². The standard InChI is InChI=1S/C15H31N/c1-5-10-15(4,12-16-13(2)3)11-14-8-6-7-9-14/h13-14,16H,5-12H2,1-4H3. The molecule has 0 saturated heterocycles. The average molecular weight is 225 g/mol. The molecule has 1 atom stereocenters. The molecule has 16 heavy (non-hydrogen) atoms. The van der Waals surface area contributed by atoms with Crippen LogP contribution in [0.1, 0.15) is 72.6 Å². The molecule has 0 heterocycles. The predicted molar refractivity (Wildman–Crippen MR) is 72.7 cm³/mol. The molecular formula is C15H31N. The fourth-order valence-corrected chi connectivity index (χ4v) is 3.23. The summed E-state index contributed by atoms with van der Waals surface area (Å²) in [7, 11) is 0. The van der Waals surface area contributed by atoms with Gasteiger partial charge in [0, 0.05) is 12.6 Å². The third kappa shape index (κ3) is 4.86. The second kappa shape index (κ2) is 6.64. The van der Waals surface area contributed by atoms with E-state index in [9.17, 15) is 0 Å². The highest BCUT2D eigenvalue weighted by Crippen LogP contribution is 2.38. The molecule has 1 nitrogen and oxygen atoms in total. The molecule has 0 aromatic rings. The lowest BCUT2D eigenvalue weighted by molar-refractivity contribution is 0.206. The van der Waals surface area contributed by atoms with E-state index in [1.54, 1.807) is 0 Å². The number of rotatable bonds is 7. The van der Waals surface area contributed by atoms with Gasteiger partial charge in [0.1, 0.15) is 0 Å². The minimum atomic E-state index is 0.536. The maximum atomic E-state index is 3.64. The van der Waals surface area contributed by atoms with Crippen molar-refractivity contribution >= 4 is 0 Å². The van der Waals surface area contributed by atoms with Crippen LogP contribution in [-0.2, 0) is 0 Å². The van der Waals surface area contributed by atoms with Gasteiger partial charge in [0.15, 0.2) is 0 Å². The highest BCUT2D eigenvalue weighted by molar-refractivity contribution is 4.82. The molecule has 0 aromatic carbocycles. The summed E-state index contributed by atoms with van der Waals surface area (Å²) in [6.07, 6.45) is 10.1. The van der Waals surface area contributed by atoms with Crippen molar-refractivity contribution in [3.8, 4) is 0 Å². The van der Waals surface area contributed by atoms with E-state index in [-0.39, 0.29) is 0 Å². The van der Waals surface area contributed by atoms with Gasteiger partial charge in [0.25, 0.3) is 0 Å². The van der Waals surface area contributed by atoms with E-state index in [0.29, 0.717) is 11.5 Å². The molecule has 0 aliphatic heterocycles. The first kappa shape index (κ1) is 14.0. The zero-order chi connectivity index (χ0) is 12.0. The van der Waals surface area contributed by atoms with Gasteiger partial charge in [-0.3, -0.25) is 0 Å². The van der Waals surface area contributed by atoms with E-state index in [0.717, 1.165) is 5.92 Å². The molecule has 0 bridgehead atoms. The highest BCUT2D eigenvalue weighted by Gasteiger charge is 2.28. The number of hydrogen-bond donors (Lipinski definition) is 1. The summed E-state index contributed by atoms with van der Waals surface area (Å²) < 4.78 is 0. The third-order valence-corrected chi connectivity index (χ3v) is 4.05. The van der Waals surface area contributed by atoms with Crippen LogP contribution in [0.25, 0.3) is 0 Å². The minimum absolute atomic E-state index is 0.536. The monoisotopic (exact) mass is 225 g/mol. The summed E-state index contributed by atoms with van der Waals surface area (Å²) in [5.41, 5.74) is 0.536. The van der Waals surface area contributed by atoms with Gasteiger partial charge >= 0.3 is 0 Å². The lowest BCUT2D eigenvalue weighted by Gasteiger charge is -2.33. The Hall–Kier alpha value is -0.0400.